The number of nitrogens with one attached hydrogen (secondary N) is 1. The number of rotatable bonds is 5. The summed E-state index contributed by atoms with van der Waals surface area (Å²) >= 11 is 0. The molecule has 0 aliphatic carbocycles. The zero-order valence-corrected chi connectivity index (χ0v) is 10.1. The molecule has 19 heavy (non-hydrogen) atoms. The number of benzene rings is 1. The molecule has 0 bridgehead atoms. The van der Waals surface area contributed by atoms with Gasteiger partial charge in [0.25, 0.3) is 5.91 Å². The summed E-state index contributed by atoms with van der Waals surface area (Å²) < 4.78 is 1.72. The van der Waals surface area contributed by atoms with Crippen molar-refractivity contribution in [3.63, 3.8) is 0 Å². The summed E-state index contributed by atoms with van der Waals surface area (Å²) in [6, 6.07) is 7.61. The highest BCUT2D eigenvalue weighted by Crippen LogP contribution is 2.04. The molecule has 0 fully saturated rings. The zero-order chi connectivity index (χ0) is 13.7. The predicted molar refractivity (Wildman–Crippen MR) is 68.0 cm³/mol. The fourth-order valence-electron chi connectivity index (χ4n) is 1.58. The number of aromatic nitrogens is 2. The molecule has 1 aromatic heterocycles. The highest BCUT2D eigenvalue weighted by molar-refractivity contribution is 5.95. The third-order valence-corrected chi connectivity index (χ3v) is 2.58. The number of hydrogen-bond acceptors (Lipinski definition) is 3. The van der Waals surface area contributed by atoms with Gasteiger partial charge >= 0.3 is 5.97 Å². The molecule has 2 aromatic rings. The first-order valence-corrected chi connectivity index (χ1v) is 5.76. The molecule has 1 aromatic carbocycles. The molecule has 0 spiro atoms. The maximum Gasteiger partial charge on any atom is 0.335 e. The molecule has 0 aliphatic rings. The minimum Gasteiger partial charge on any atom is -0.478 e. The van der Waals surface area contributed by atoms with Crippen molar-refractivity contribution in [2.45, 2.75) is 6.54 Å². The van der Waals surface area contributed by atoms with Gasteiger partial charge in [-0.25, -0.2) is 4.79 Å². The molecule has 1 heterocycles. The topological polar surface area (TPSA) is 84.2 Å². The van der Waals surface area contributed by atoms with Gasteiger partial charge < -0.3 is 10.4 Å². The maximum atomic E-state index is 11.8. The first kappa shape index (κ1) is 12.8. The number of carbonyl (C=O) groups is 2. The fourth-order valence-corrected chi connectivity index (χ4v) is 1.58. The van der Waals surface area contributed by atoms with Gasteiger partial charge in [0.1, 0.15) is 0 Å². The molecule has 0 saturated heterocycles. The van der Waals surface area contributed by atoms with Crippen LogP contribution in [0.4, 0.5) is 0 Å². The van der Waals surface area contributed by atoms with E-state index < -0.39 is 5.97 Å². The predicted octanol–water partition coefficient (Wildman–Crippen LogP) is 1.01. The highest BCUT2D eigenvalue weighted by atomic mass is 16.4. The van der Waals surface area contributed by atoms with E-state index in [0.717, 1.165) is 0 Å². The first-order chi connectivity index (χ1) is 9.16. The van der Waals surface area contributed by atoms with Gasteiger partial charge in [0, 0.05) is 24.5 Å². The van der Waals surface area contributed by atoms with Crippen LogP contribution in [0.3, 0.4) is 0 Å². The van der Waals surface area contributed by atoms with Crippen LogP contribution in [-0.2, 0) is 6.54 Å². The Hall–Kier alpha value is -2.63. The summed E-state index contributed by atoms with van der Waals surface area (Å²) in [7, 11) is 0. The van der Waals surface area contributed by atoms with Crippen molar-refractivity contribution < 1.29 is 14.7 Å². The van der Waals surface area contributed by atoms with Gasteiger partial charge in [-0.15, -0.1) is 0 Å². The summed E-state index contributed by atoms with van der Waals surface area (Å²) in [5.41, 5.74) is 0.596. The number of carbonyl (C=O) groups excluding carboxylic acids is 1. The van der Waals surface area contributed by atoms with Gasteiger partial charge in [-0.3, -0.25) is 9.48 Å². The number of carboxylic acid groups (broad SMARTS) is 1. The molecule has 1 amide bonds. The van der Waals surface area contributed by atoms with Crippen molar-refractivity contribution in [3.8, 4) is 0 Å². The monoisotopic (exact) mass is 259 g/mol. The lowest BCUT2D eigenvalue weighted by atomic mass is 10.1. The van der Waals surface area contributed by atoms with Gasteiger partial charge in [-0.05, 0) is 30.3 Å². The summed E-state index contributed by atoms with van der Waals surface area (Å²) in [6.07, 6.45) is 3.49. The van der Waals surface area contributed by atoms with Crippen LogP contribution in [0, 0.1) is 0 Å². The Bertz CT molecular complexity index is 561. The van der Waals surface area contributed by atoms with E-state index in [4.69, 9.17) is 5.11 Å². The zero-order valence-electron chi connectivity index (χ0n) is 10.1. The molecule has 2 rings (SSSR count). The molecular formula is C13H13N3O3. The van der Waals surface area contributed by atoms with E-state index in [1.807, 2.05) is 12.3 Å². The minimum absolute atomic E-state index is 0.160. The van der Waals surface area contributed by atoms with E-state index in [9.17, 15) is 9.59 Å². The highest BCUT2D eigenvalue weighted by Gasteiger charge is 2.07. The number of hydrogen-bond donors (Lipinski definition) is 2. The maximum absolute atomic E-state index is 11.8. The lowest BCUT2D eigenvalue weighted by molar-refractivity contribution is 0.0696. The normalized spacial score (nSPS) is 10.1. The van der Waals surface area contributed by atoms with Crippen LogP contribution in [-0.4, -0.2) is 33.3 Å². The largest absolute Gasteiger partial charge is 0.478 e. The van der Waals surface area contributed by atoms with Gasteiger partial charge in [-0.1, -0.05) is 0 Å². The van der Waals surface area contributed by atoms with E-state index in [0.29, 0.717) is 18.7 Å². The number of carboxylic acids is 1. The summed E-state index contributed by atoms with van der Waals surface area (Å²) in [5, 5.41) is 15.5. The molecule has 6 heteroatoms. The van der Waals surface area contributed by atoms with Gasteiger partial charge in [0.2, 0.25) is 0 Å². The van der Waals surface area contributed by atoms with Gasteiger partial charge in [0.15, 0.2) is 0 Å². The summed E-state index contributed by atoms with van der Waals surface area (Å²) in [6.45, 7) is 1.05. The van der Waals surface area contributed by atoms with Crippen LogP contribution in [0.25, 0.3) is 0 Å². The quantitative estimate of drug-likeness (QED) is 0.839. The lowest BCUT2D eigenvalue weighted by Gasteiger charge is -2.05. The van der Waals surface area contributed by atoms with Crippen LogP contribution < -0.4 is 5.32 Å². The lowest BCUT2D eigenvalue weighted by Crippen LogP contribution is -2.27. The van der Waals surface area contributed by atoms with E-state index in [1.54, 1.807) is 10.9 Å². The SMILES string of the molecule is O=C(O)c1ccc(C(=O)NCCn2cccn2)cc1. The Labute approximate surface area is 109 Å². The molecule has 0 radical (unpaired) electrons. The standard InChI is InChI=1S/C13H13N3O3/c17-12(14-7-9-16-8-1-6-15-16)10-2-4-11(5-3-10)13(18)19/h1-6,8H,7,9H2,(H,14,17)(H,18,19). The van der Waals surface area contributed by atoms with Crippen molar-refractivity contribution in [3.05, 3.63) is 53.9 Å². The summed E-state index contributed by atoms with van der Waals surface area (Å²) in [4.78, 5) is 22.4. The van der Waals surface area contributed by atoms with Crippen LogP contribution in [0.15, 0.2) is 42.7 Å². The third-order valence-electron chi connectivity index (χ3n) is 2.58. The van der Waals surface area contributed by atoms with Crippen molar-refractivity contribution in [1.82, 2.24) is 15.1 Å². The molecule has 0 saturated carbocycles. The average molecular weight is 259 g/mol. The minimum atomic E-state index is -1.01. The molecular weight excluding hydrogens is 246 g/mol. The Morgan fingerprint density at radius 2 is 1.89 bits per heavy atom. The smallest absolute Gasteiger partial charge is 0.335 e. The Balaban J connectivity index is 1.87. The van der Waals surface area contributed by atoms with Gasteiger partial charge in [0.05, 0.1) is 12.1 Å². The van der Waals surface area contributed by atoms with Crippen molar-refractivity contribution in [2.24, 2.45) is 0 Å². The summed E-state index contributed by atoms with van der Waals surface area (Å²) in [5.74, 6) is -1.24. The van der Waals surface area contributed by atoms with Gasteiger partial charge in [-0.2, -0.15) is 5.10 Å². The van der Waals surface area contributed by atoms with E-state index >= 15 is 0 Å². The molecule has 0 atom stereocenters. The molecule has 6 nitrogen and oxygen atoms in total. The molecule has 98 valence electrons. The average Bonchev–Trinajstić information content (AvgIpc) is 2.92. The first-order valence-electron chi connectivity index (χ1n) is 5.76. The second-order valence-electron chi connectivity index (χ2n) is 3.91. The fraction of sp³-hybridized carbons (Fsp3) is 0.154. The Morgan fingerprint density at radius 3 is 2.47 bits per heavy atom. The molecule has 2 N–H and O–H groups in total. The molecule has 0 unspecified atom stereocenters. The van der Waals surface area contributed by atoms with Crippen LogP contribution in [0.2, 0.25) is 0 Å². The third kappa shape index (κ3) is 3.41. The van der Waals surface area contributed by atoms with Crippen molar-refractivity contribution in [1.29, 1.82) is 0 Å². The Morgan fingerprint density at radius 1 is 1.21 bits per heavy atom. The van der Waals surface area contributed by atoms with Crippen LogP contribution in [0.1, 0.15) is 20.7 Å². The van der Waals surface area contributed by atoms with E-state index in [-0.39, 0.29) is 11.5 Å². The van der Waals surface area contributed by atoms with Crippen molar-refractivity contribution >= 4 is 11.9 Å². The number of nitrogens with zero attached hydrogens (tertiary/aromatic N) is 2. The van der Waals surface area contributed by atoms with Crippen LogP contribution >= 0.6 is 0 Å². The molecule has 0 aliphatic heterocycles. The second-order valence-corrected chi connectivity index (χ2v) is 3.91. The van der Waals surface area contributed by atoms with E-state index in [1.165, 1.54) is 24.3 Å². The Kier molecular flexibility index (Phi) is 3.92. The van der Waals surface area contributed by atoms with Crippen LogP contribution in [0.5, 0.6) is 0 Å². The number of aromatic carboxylic acids is 1. The van der Waals surface area contributed by atoms with E-state index in [2.05, 4.69) is 10.4 Å². The second kappa shape index (κ2) is 5.81. The van der Waals surface area contributed by atoms with Crippen molar-refractivity contribution in [2.75, 3.05) is 6.54 Å². The number of amides is 1.